The Bertz CT molecular complexity index is 604. The van der Waals surface area contributed by atoms with Gasteiger partial charge < -0.3 is 10.4 Å². The molecule has 1 heterocycles. The zero-order chi connectivity index (χ0) is 15.8. The highest BCUT2D eigenvalue weighted by Crippen LogP contribution is 2.11. The minimum absolute atomic E-state index is 0.300. The van der Waals surface area contributed by atoms with E-state index in [0.717, 1.165) is 24.0 Å². The van der Waals surface area contributed by atoms with Crippen LogP contribution in [0.4, 0.5) is 0 Å². The molecule has 2 rings (SSSR count). The maximum absolute atomic E-state index is 10.1. The Kier molecular flexibility index (Phi) is 6.08. The number of aryl methyl sites for hydroxylation is 1. The third-order valence-electron chi connectivity index (χ3n) is 3.65. The Balaban J connectivity index is 1.73. The van der Waals surface area contributed by atoms with Gasteiger partial charge in [-0.05, 0) is 37.0 Å². The number of hydrogen-bond donors (Lipinski definition) is 2. The molecule has 0 spiro atoms. The summed E-state index contributed by atoms with van der Waals surface area (Å²) >= 11 is 0. The number of benzene rings is 1. The normalized spacial score (nSPS) is 13.3. The lowest BCUT2D eigenvalue weighted by molar-refractivity contribution is 0.170. The van der Waals surface area contributed by atoms with Crippen molar-refractivity contribution in [2.75, 3.05) is 6.54 Å². The van der Waals surface area contributed by atoms with Crippen LogP contribution in [0.15, 0.2) is 48.7 Å². The summed E-state index contributed by atoms with van der Waals surface area (Å²) in [4.78, 5) is 4.07. The molecule has 2 unspecified atom stereocenters. The van der Waals surface area contributed by atoms with Gasteiger partial charge in [0.1, 0.15) is 11.8 Å². The van der Waals surface area contributed by atoms with Crippen LogP contribution < -0.4 is 5.32 Å². The van der Waals surface area contributed by atoms with E-state index in [4.69, 9.17) is 5.26 Å². The first-order valence-corrected chi connectivity index (χ1v) is 7.50. The molecule has 114 valence electrons. The molecule has 4 nitrogen and oxygen atoms in total. The molecule has 0 fully saturated rings. The van der Waals surface area contributed by atoms with E-state index in [0.29, 0.717) is 18.3 Å². The monoisotopic (exact) mass is 295 g/mol. The molecule has 4 heteroatoms. The molecule has 0 amide bonds. The number of aliphatic hydroxyl groups is 1. The molecule has 0 radical (unpaired) electrons. The first-order valence-electron chi connectivity index (χ1n) is 7.50. The van der Waals surface area contributed by atoms with E-state index in [9.17, 15) is 5.11 Å². The van der Waals surface area contributed by atoms with Crippen molar-refractivity contribution in [2.45, 2.75) is 31.9 Å². The topological polar surface area (TPSA) is 68.9 Å². The molecule has 0 saturated carbocycles. The van der Waals surface area contributed by atoms with Gasteiger partial charge in [0.05, 0.1) is 6.10 Å². The van der Waals surface area contributed by atoms with Crippen LogP contribution in [-0.2, 0) is 6.42 Å². The number of hydrogen-bond acceptors (Lipinski definition) is 4. The maximum Gasteiger partial charge on any atom is 0.140 e. The molecular formula is C18H21N3O. The average molecular weight is 295 g/mol. The SMILES string of the molecule is CC(CCc1ccc(C#N)nc1)NCC(O)c1ccccc1. The van der Waals surface area contributed by atoms with E-state index in [1.54, 1.807) is 12.3 Å². The Morgan fingerprint density at radius 2 is 2.00 bits per heavy atom. The van der Waals surface area contributed by atoms with Crippen LogP contribution in [0.2, 0.25) is 0 Å². The van der Waals surface area contributed by atoms with Crippen LogP contribution in [0.25, 0.3) is 0 Å². The molecule has 0 aliphatic heterocycles. The Hall–Kier alpha value is -2.22. The zero-order valence-corrected chi connectivity index (χ0v) is 12.7. The molecule has 2 atom stereocenters. The highest BCUT2D eigenvalue weighted by atomic mass is 16.3. The smallest absolute Gasteiger partial charge is 0.140 e. The fourth-order valence-electron chi connectivity index (χ4n) is 2.23. The molecule has 0 bridgehead atoms. The van der Waals surface area contributed by atoms with Gasteiger partial charge in [0.25, 0.3) is 0 Å². The summed E-state index contributed by atoms with van der Waals surface area (Å²) in [6, 6.07) is 15.7. The van der Waals surface area contributed by atoms with Crippen LogP contribution in [0.1, 0.15) is 36.3 Å². The number of aromatic nitrogens is 1. The molecule has 1 aromatic heterocycles. The maximum atomic E-state index is 10.1. The zero-order valence-electron chi connectivity index (χ0n) is 12.7. The van der Waals surface area contributed by atoms with Crippen molar-refractivity contribution in [3.63, 3.8) is 0 Å². The van der Waals surface area contributed by atoms with E-state index in [-0.39, 0.29) is 0 Å². The molecule has 2 aromatic rings. The third kappa shape index (κ3) is 4.96. The Labute approximate surface area is 131 Å². The van der Waals surface area contributed by atoms with Crippen molar-refractivity contribution < 1.29 is 5.11 Å². The van der Waals surface area contributed by atoms with E-state index in [1.807, 2.05) is 42.5 Å². The predicted molar refractivity (Wildman–Crippen MR) is 86.1 cm³/mol. The Morgan fingerprint density at radius 3 is 2.64 bits per heavy atom. The van der Waals surface area contributed by atoms with Gasteiger partial charge in [0.15, 0.2) is 0 Å². The van der Waals surface area contributed by atoms with Gasteiger partial charge in [0.2, 0.25) is 0 Å². The van der Waals surface area contributed by atoms with Crippen molar-refractivity contribution in [3.8, 4) is 6.07 Å². The number of aliphatic hydroxyl groups excluding tert-OH is 1. The van der Waals surface area contributed by atoms with Crippen molar-refractivity contribution in [2.24, 2.45) is 0 Å². The van der Waals surface area contributed by atoms with E-state index in [2.05, 4.69) is 17.2 Å². The molecule has 0 aliphatic rings. The van der Waals surface area contributed by atoms with Crippen LogP contribution in [0.3, 0.4) is 0 Å². The first-order chi connectivity index (χ1) is 10.7. The van der Waals surface area contributed by atoms with E-state index in [1.165, 1.54) is 0 Å². The van der Waals surface area contributed by atoms with E-state index >= 15 is 0 Å². The number of rotatable bonds is 7. The summed E-state index contributed by atoms with van der Waals surface area (Å²) in [5.74, 6) is 0. The van der Waals surface area contributed by atoms with Crippen molar-refractivity contribution in [1.29, 1.82) is 5.26 Å². The molecular weight excluding hydrogens is 274 g/mol. The van der Waals surface area contributed by atoms with Crippen LogP contribution in [0.5, 0.6) is 0 Å². The largest absolute Gasteiger partial charge is 0.387 e. The lowest BCUT2D eigenvalue weighted by atomic mass is 10.1. The number of nitriles is 1. The first kappa shape index (κ1) is 16.2. The second-order valence-electron chi connectivity index (χ2n) is 5.44. The van der Waals surface area contributed by atoms with E-state index < -0.39 is 6.10 Å². The second kappa shape index (κ2) is 8.28. The summed E-state index contributed by atoms with van der Waals surface area (Å²) in [5.41, 5.74) is 2.50. The van der Waals surface area contributed by atoms with Crippen molar-refractivity contribution >= 4 is 0 Å². The lowest BCUT2D eigenvalue weighted by Crippen LogP contribution is -2.30. The number of nitrogens with zero attached hydrogens (tertiary/aromatic N) is 2. The van der Waals surface area contributed by atoms with Gasteiger partial charge in [-0.1, -0.05) is 36.4 Å². The summed E-state index contributed by atoms with van der Waals surface area (Å²) < 4.78 is 0. The second-order valence-corrected chi connectivity index (χ2v) is 5.44. The summed E-state index contributed by atoms with van der Waals surface area (Å²) in [6.07, 6.45) is 3.12. The van der Waals surface area contributed by atoms with Crippen LogP contribution >= 0.6 is 0 Å². The van der Waals surface area contributed by atoms with Crippen molar-refractivity contribution in [1.82, 2.24) is 10.3 Å². The standard InChI is InChI=1S/C18H21N3O/c1-14(7-8-15-9-10-17(11-19)21-12-15)20-13-18(22)16-5-3-2-4-6-16/h2-6,9-10,12,14,18,20,22H,7-8,13H2,1H3. The van der Waals surface area contributed by atoms with Gasteiger partial charge in [-0.3, -0.25) is 0 Å². The average Bonchev–Trinajstić information content (AvgIpc) is 2.59. The molecule has 1 aromatic carbocycles. The summed E-state index contributed by atoms with van der Waals surface area (Å²) in [7, 11) is 0. The lowest BCUT2D eigenvalue weighted by Gasteiger charge is -2.17. The molecule has 2 N–H and O–H groups in total. The van der Waals surface area contributed by atoms with Gasteiger partial charge >= 0.3 is 0 Å². The highest BCUT2D eigenvalue weighted by molar-refractivity contribution is 5.23. The van der Waals surface area contributed by atoms with Gasteiger partial charge in [-0.15, -0.1) is 0 Å². The molecule has 22 heavy (non-hydrogen) atoms. The van der Waals surface area contributed by atoms with Crippen molar-refractivity contribution in [3.05, 3.63) is 65.5 Å². The van der Waals surface area contributed by atoms with Gasteiger partial charge in [0, 0.05) is 18.8 Å². The minimum Gasteiger partial charge on any atom is -0.387 e. The quantitative estimate of drug-likeness (QED) is 0.824. The van der Waals surface area contributed by atoms with Crippen LogP contribution in [0, 0.1) is 11.3 Å². The van der Waals surface area contributed by atoms with Crippen LogP contribution in [-0.4, -0.2) is 22.7 Å². The minimum atomic E-state index is -0.486. The fraction of sp³-hybridized carbons (Fsp3) is 0.333. The number of pyridine rings is 1. The highest BCUT2D eigenvalue weighted by Gasteiger charge is 2.09. The summed E-state index contributed by atoms with van der Waals surface area (Å²) in [5, 5.41) is 22.2. The predicted octanol–water partition coefficient (Wildman–Crippen LogP) is 2.60. The third-order valence-corrected chi connectivity index (χ3v) is 3.65. The molecule has 0 saturated heterocycles. The number of nitrogens with one attached hydrogen (secondary N) is 1. The molecule has 0 aliphatic carbocycles. The Morgan fingerprint density at radius 1 is 1.23 bits per heavy atom. The fourth-order valence-corrected chi connectivity index (χ4v) is 2.23. The summed E-state index contributed by atoms with van der Waals surface area (Å²) in [6.45, 7) is 2.64. The van der Waals surface area contributed by atoms with Gasteiger partial charge in [-0.2, -0.15) is 5.26 Å². The van der Waals surface area contributed by atoms with Gasteiger partial charge in [-0.25, -0.2) is 4.98 Å².